The molecule has 0 spiro atoms. The van der Waals surface area contributed by atoms with Gasteiger partial charge in [-0.3, -0.25) is 0 Å². The highest BCUT2D eigenvalue weighted by Gasteiger charge is 2.37. The molecule has 1 saturated carbocycles. The zero-order valence-corrected chi connectivity index (χ0v) is 12.3. The van der Waals surface area contributed by atoms with Crippen molar-refractivity contribution >= 4 is 0 Å². The molecule has 2 aromatic rings. The van der Waals surface area contributed by atoms with E-state index in [2.05, 4.69) is 18.2 Å². The summed E-state index contributed by atoms with van der Waals surface area (Å²) in [6.07, 6.45) is 3.18. The molecule has 0 unspecified atom stereocenters. The van der Waals surface area contributed by atoms with Crippen LogP contribution in [0, 0.1) is 0 Å². The van der Waals surface area contributed by atoms with Crippen molar-refractivity contribution in [3.63, 3.8) is 0 Å². The average molecular weight is 283 g/mol. The Morgan fingerprint density at radius 2 is 1.81 bits per heavy atom. The predicted octanol–water partition coefficient (Wildman–Crippen LogP) is 3.61. The smallest absolute Gasteiger partial charge is 0.166 e. The summed E-state index contributed by atoms with van der Waals surface area (Å²) in [7, 11) is 1.67. The Morgan fingerprint density at radius 1 is 1.05 bits per heavy atom. The third kappa shape index (κ3) is 2.74. The third-order valence-corrected chi connectivity index (χ3v) is 4.21. The van der Waals surface area contributed by atoms with Crippen LogP contribution in [0.4, 0.5) is 0 Å². The van der Waals surface area contributed by atoms with E-state index in [4.69, 9.17) is 15.2 Å². The second-order valence-electron chi connectivity index (χ2n) is 5.62. The molecule has 0 bridgehead atoms. The molecule has 2 aromatic carbocycles. The van der Waals surface area contributed by atoms with Gasteiger partial charge in [0.1, 0.15) is 6.61 Å². The number of hydrogen-bond acceptors (Lipinski definition) is 3. The van der Waals surface area contributed by atoms with Crippen LogP contribution in [-0.2, 0) is 12.1 Å². The number of hydrogen-bond donors (Lipinski definition) is 1. The van der Waals surface area contributed by atoms with Gasteiger partial charge in [0.05, 0.1) is 7.11 Å². The highest BCUT2D eigenvalue weighted by atomic mass is 16.5. The minimum Gasteiger partial charge on any atom is -0.493 e. The Labute approximate surface area is 125 Å². The van der Waals surface area contributed by atoms with Crippen molar-refractivity contribution in [2.24, 2.45) is 5.73 Å². The summed E-state index contributed by atoms with van der Waals surface area (Å²) < 4.78 is 11.5. The van der Waals surface area contributed by atoms with Crippen molar-refractivity contribution in [3.8, 4) is 11.5 Å². The molecule has 0 aliphatic heterocycles. The molecule has 2 N–H and O–H groups in total. The molecule has 0 heterocycles. The molecule has 110 valence electrons. The van der Waals surface area contributed by atoms with E-state index in [1.807, 2.05) is 30.3 Å². The molecule has 1 aliphatic carbocycles. The first-order chi connectivity index (χ1) is 10.2. The first-order valence-corrected chi connectivity index (χ1v) is 7.36. The number of methoxy groups -OCH3 is 1. The predicted molar refractivity (Wildman–Crippen MR) is 83.5 cm³/mol. The summed E-state index contributed by atoms with van der Waals surface area (Å²) in [6, 6.07) is 16.1. The molecule has 0 atom stereocenters. The van der Waals surface area contributed by atoms with Gasteiger partial charge in [-0.05, 0) is 30.9 Å². The fraction of sp³-hybridized carbons (Fsp3) is 0.333. The molecule has 0 saturated heterocycles. The maximum Gasteiger partial charge on any atom is 0.166 e. The lowest BCUT2D eigenvalue weighted by Crippen LogP contribution is -2.43. The largest absolute Gasteiger partial charge is 0.493 e. The number of ether oxygens (including phenoxy) is 2. The maximum absolute atomic E-state index is 6.48. The van der Waals surface area contributed by atoms with Crippen molar-refractivity contribution in [3.05, 3.63) is 59.7 Å². The van der Waals surface area contributed by atoms with E-state index >= 15 is 0 Å². The molecule has 0 amide bonds. The van der Waals surface area contributed by atoms with Gasteiger partial charge in [-0.1, -0.05) is 42.5 Å². The second kappa shape index (κ2) is 5.78. The van der Waals surface area contributed by atoms with E-state index in [1.165, 1.54) is 6.42 Å². The van der Waals surface area contributed by atoms with Crippen molar-refractivity contribution < 1.29 is 9.47 Å². The average Bonchev–Trinajstić information content (AvgIpc) is 2.51. The van der Waals surface area contributed by atoms with Gasteiger partial charge < -0.3 is 15.2 Å². The van der Waals surface area contributed by atoms with Crippen LogP contribution in [0.2, 0.25) is 0 Å². The van der Waals surface area contributed by atoms with Gasteiger partial charge in [0.2, 0.25) is 0 Å². The molecular weight excluding hydrogens is 262 g/mol. The SMILES string of the molecule is COc1cccc(C2(N)CCC2)c1OCc1ccccc1. The van der Waals surface area contributed by atoms with Crippen LogP contribution in [-0.4, -0.2) is 7.11 Å². The second-order valence-corrected chi connectivity index (χ2v) is 5.62. The summed E-state index contributed by atoms with van der Waals surface area (Å²) in [6.45, 7) is 0.518. The molecule has 3 nitrogen and oxygen atoms in total. The van der Waals surface area contributed by atoms with Crippen molar-refractivity contribution in [1.29, 1.82) is 0 Å². The monoisotopic (exact) mass is 283 g/mol. The van der Waals surface area contributed by atoms with E-state index in [9.17, 15) is 0 Å². The molecule has 1 aliphatic rings. The highest BCUT2D eigenvalue weighted by Crippen LogP contribution is 2.46. The highest BCUT2D eigenvalue weighted by molar-refractivity contribution is 5.50. The van der Waals surface area contributed by atoms with Gasteiger partial charge in [0.15, 0.2) is 11.5 Å². The van der Waals surface area contributed by atoms with Crippen LogP contribution in [0.1, 0.15) is 30.4 Å². The van der Waals surface area contributed by atoms with Gasteiger partial charge in [-0.15, -0.1) is 0 Å². The Balaban J connectivity index is 1.88. The number of para-hydroxylation sites is 1. The third-order valence-electron chi connectivity index (χ3n) is 4.21. The maximum atomic E-state index is 6.48. The molecule has 3 rings (SSSR count). The van der Waals surface area contributed by atoms with E-state index in [1.54, 1.807) is 7.11 Å². The zero-order valence-electron chi connectivity index (χ0n) is 12.3. The lowest BCUT2D eigenvalue weighted by molar-refractivity contribution is 0.226. The van der Waals surface area contributed by atoms with E-state index in [0.717, 1.165) is 35.5 Å². The molecule has 3 heteroatoms. The van der Waals surface area contributed by atoms with E-state index in [0.29, 0.717) is 6.61 Å². The van der Waals surface area contributed by atoms with Crippen molar-refractivity contribution in [2.75, 3.05) is 7.11 Å². The van der Waals surface area contributed by atoms with E-state index < -0.39 is 0 Å². The normalized spacial score (nSPS) is 16.1. The van der Waals surface area contributed by atoms with Crippen LogP contribution in [0.5, 0.6) is 11.5 Å². The standard InChI is InChI=1S/C18H21NO2/c1-20-16-10-5-9-15(18(19)11-6-12-18)17(16)21-13-14-7-3-2-4-8-14/h2-5,7-10H,6,11-13,19H2,1H3. The van der Waals surface area contributed by atoms with Crippen LogP contribution in [0.3, 0.4) is 0 Å². The van der Waals surface area contributed by atoms with Gasteiger partial charge in [0.25, 0.3) is 0 Å². The Morgan fingerprint density at radius 3 is 2.43 bits per heavy atom. The van der Waals surface area contributed by atoms with Crippen LogP contribution in [0.25, 0.3) is 0 Å². The number of benzene rings is 2. The Kier molecular flexibility index (Phi) is 3.84. The number of rotatable bonds is 5. The molecule has 0 radical (unpaired) electrons. The van der Waals surface area contributed by atoms with Crippen molar-refractivity contribution in [1.82, 2.24) is 0 Å². The summed E-state index contributed by atoms with van der Waals surface area (Å²) in [5, 5.41) is 0. The summed E-state index contributed by atoms with van der Waals surface area (Å²) in [5.74, 6) is 1.53. The first-order valence-electron chi connectivity index (χ1n) is 7.36. The van der Waals surface area contributed by atoms with Crippen LogP contribution in [0.15, 0.2) is 48.5 Å². The lowest BCUT2D eigenvalue weighted by atomic mass is 9.72. The fourth-order valence-electron chi connectivity index (χ4n) is 2.77. The van der Waals surface area contributed by atoms with Crippen molar-refractivity contribution in [2.45, 2.75) is 31.4 Å². The summed E-state index contributed by atoms with van der Waals surface area (Å²) >= 11 is 0. The summed E-state index contributed by atoms with van der Waals surface area (Å²) in [4.78, 5) is 0. The summed E-state index contributed by atoms with van der Waals surface area (Å²) in [5.41, 5.74) is 8.41. The fourth-order valence-corrected chi connectivity index (χ4v) is 2.77. The molecule has 0 aromatic heterocycles. The van der Waals surface area contributed by atoms with Crippen LogP contribution >= 0.6 is 0 Å². The minimum absolute atomic E-state index is 0.263. The Hall–Kier alpha value is -2.00. The first kappa shape index (κ1) is 14.0. The molecular formula is C18H21NO2. The quantitative estimate of drug-likeness (QED) is 0.911. The van der Waals surface area contributed by atoms with Gasteiger partial charge >= 0.3 is 0 Å². The Bertz CT molecular complexity index is 606. The van der Waals surface area contributed by atoms with Gasteiger partial charge in [-0.25, -0.2) is 0 Å². The minimum atomic E-state index is -0.263. The van der Waals surface area contributed by atoms with Crippen LogP contribution < -0.4 is 15.2 Å². The van der Waals surface area contributed by atoms with Gasteiger partial charge in [-0.2, -0.15) is 0 Å². The molecule has 21 heavy (non-hydrogen) atoms. The molecule has 1 fully saturated rings. The van der Waals surface area contributed by atoms with Gasteiger partial charge in [0, 0.05) is 11.1 Å². The number of nitrogens with two attached hydrogens (primary N) is 1. The lowest BCUT2D eigenvalue weighted by Gasteiger charge is -2.39. The van der Waals surface area contributed by atoms with E-state index in [-0.39, 0.29) is 5.54 Å². The topological polar surface area (TPSA) is 44.5 Å². The zero-order chi connectivity index (χ0) is 14.7.